The number of aromatic nitrogens is 3. The fraction of sp³-hybridized carbons (Fsp3) is 0.200. The van der Waals surface area contributed by atoms with E-state index in [1.54, 1.807) is 0 Å². The van der Waals surface area contributed by atoms with Crippen LogP contribution in [0, 0.1) is 0 Å². The molecule has 0 saturated carbocycles. The molecule has 0 radical (unpaired) electrons. The average Bonchev–Trinajstić information content (AvgIpc) is 2.87. The number of nitrogens with zero attached hydrogens (tertiary/aromatic N) is 3. The Bertz CT molecular complexity index is 678. The maximum Gasteiger partial charge on any atom is 0.113 e. The van der Waals surface area contributed by atoms with E-state index in [0.717, 1.165) is 11.3 Å². The van der Waals surface area contributed by atoms with Gasteiger partial charge >= 0.3 is 0 Å². The second-order valence-electron chi connectivity index (χ2n) is 4.70. The molecule has 0 atom stereocenters. The Morgan fingerprint density at radius 2 is 1.78 bits per heavy atom. The first-order valence-electron chi connectivity index (χ1n) is 6.15. The predicted octanol–water partition coefficient (Wildman–Crippen LogP) is 3.68. The van der Waals surface area contributed by atoms with Crippen molar-refractivity contribution < 1.29 is 0 Å². The van der Waals surface area contributed by atoms with Gasteiger partial charge < -0.3 is 0 Å². The van der Waals surface area contributed by atoms with E-state index in [9.17, 15) is 0 Å². The van der Waals surface area contributed by atoms with Gasteiger partial charge in [-0.15, -0.1) is 5.10 Å². The zero-order valence-corrected chi connectivity index (χ0v) is 10.5. The minimum Gasteiger partial charge on any atom is -0.249 e. The van der Waals surface area contributed by atoms with Crippen molar-refractivity contribution in [1.29, 1.82) is 0 Å². The van der Waals surface area contributed by atoms with Crippen molar-refractivity contribution in [2.75, 3.05) is 0 Å². The molecule has 3 heteroatoms. The highest BCUT2D eigenvalue weighted by Crippen LogP contribution is 2.27. The minimum absolute atomic E-state index is 0.334. The summed E-state index contributed by atoms with van der Waals surface area (Å²) >= 11 is 0. The standard InChI is InChI=1S/C15H15N3/c1-11(2)18-10-15(16-17-18)14-9-5-7-12-6-3-4-8-13(12)14/h3-11H,1-2H3. The summed E-state index contributed by atoms with van der Waals surface area (Å²) in [5, 5.41) is 10.9. The summed E-state index contributed by atoms with van der Waals surface area (Å²) in [6.45, 7) is 4.20. The monoisotopic (exact) mass is 237 g/mol. The Hall–Kier alpha value is -2.16. The van der Waals surface area contributed by atoms with Crippen LogP contribution in [0.3, 0.4) is 0 Å². The molecule has 0 saturated heterocycles. The molecular formula is C15H15N3. The Balaban J connectivity index is 2.18. The van der Waals surface area contributed by atoms with Crippen LogP contribution in [0.2, 0.25) is 0 Å². The third-order valence-corrected chi connectivity index (χ3v) is 3.10. The molecule has 0 N–H and O–H groups in total. The Kier molecular flexibility index (Phi) is 2.59. The maximum atomic E-state index is 4.27. The summed E-state index contributed by atoms with van der Waals surface area (Å²) in [6, 6.07) is 15.0. The number of benzene rings is 2. The second-order valence-corrected chi connectivity index (χ2v) is 4.70. The maximum absolute atomic E-state index is 4.27. The third kappa shape index (κ3) is 1.78. The molecular weight excluding hydrogens is 222 g/mol. The van der Waals surface area contributed by atoms with E-state index in [2.05, 4.69) is 66.6 Å². The van der Waals surface area contributed by atoms with Crippen LogP contribution in [-0.4, -0.2) is 15.0 Å². The molecule has 0 fully saturated rings. The van der Waals surface area contributed by atoms with Gasteiger partial charge in [0, 0.05) is 11.6 Å². The highest BCUT2D eigenvalue weighted by molar-refractivity contribution is 5.95. The van der Waals surface area contributed by atoms with Gasteiger partial charge in [0.1, 0.15) is 5.69 Å². The lowest BCUT2D eigenvalue weighted by atomic mass is 10.0. The summed E-state index contributed by atoms with van der Waals surface area (Å²) in [7, 11) is 0. The predicted molar refractivity (Wildman–Crippen MR) is 73.3 cm³/mol. The lowest BCUT2D eigenvalue weighted by molar-refractivity contribution is 0.514. The Labute approximate surface area is 106 Å². The van der Waals surface area contributed by atoms with Gasteiger partial charge in [-0.25, -0.2) is 4.68 Å². The van der Waals surface area contributed by atoms with Crippen molar-refractivity contribution in [3.63, 3.8) is 0 Å². The van der Waals surface area contributed by atoms with Crippen LogP contribution in [0.5, 0.6) is 0 Å². The summed E-state index contributed by atoms with van der Waals surface area (Å²) < 4.78 is 1.89. The topological polar surface area (TPSA) is 30.7 Å². The number of rotatable bonds is 2. The summed E-state index contributed by atoms with van der Waals surface area (Å²) in [5.74, 6) is 0. The number of hydrogen-bond acceptors (Lipinski definition) is 2. The normalized spacial score (nSPS) is 11.3. The largest absolute Gasteiger partial charge is 0.249 e. The second kappa shape index (κ2) is 4.26. The third-order valence-electron chi connectivity index (χ3n) is 3.10. The highest BCUT2D eigenvalue weighted by atomic mass is 15.4. The van der Waals surface area contributed by atoms with Gasteiger partial charge in [0.05, 0.1) is 6.20 Å². The molecule has 0 spiro atoms. The number of hydrogen-bond donors (Lipinski definition) is 0. The summed E-state index contributed by atoms with van der Waals surface area (Å²) in [4.78, 5) is 0. The van der Waals surface area contributed by atoms with Crippen LogP contribution in [0.15, 0.2) is 48.7 Å². The zero-order valence-electron chi connectivity index (χ0n) is 10.5. The van der Waals surface area contributed by atoms with E-state index in [0.29, 0.717) is 6.04 Å². The van der Waals surface area contributed by atoms with Gasteiger partial charge in [-0.2, -0.15) is 0 Å². The summed E-state index contributed by atoms with van der Waals surface area (Å²) in [5.41, 5.74) is 2.07. The average molecular weight is 237 g/mol. The molecule has 0 aliphatic carbocycles. The molecule has 0 bridgehead atoms. The van der Waals surface area contributed by atoms with E-state index < -0.39 is 0 Å². The van der Waals surface area contributed by atoms with E-state index >= 15 is 0 Å². The molecule has 0 amide bonds. The molecule has 0 aliphatic heterocycles. The smallest absolute Gasteiger partial charge is 0.113 e. The van der Waals surface area contributed by atoms with Crippen LogP contribution < -0.4 is 0 Å². The molecule has 0 aliphatic rings. The highest BCUT2D eigenvalue weighted by Gasteiger charge is 2.08. The van der Waals surface area contributed by atoms with Crippen LogP contribution >= 0.6 is 0 Å². The van der Waals surface area contributed by atoms with E-state index in [1.165, 1.54) is 10.8 Å². The van der Waals surface area contributed by atoms with Crippen LogP contribution in [0.25, 0.3) is 22.0 Å². The van der Waals surface area contributed by atoms with Crippen molar-refractivity contribution in [2.24, 2.45) is 0 Å². The zero-order chi connectivity index (χ0) is 12.5. The Morgan fingerprint density at radius 1 is 1.00 bits per heavy atom. The lowest BCUT2D eigenvalue weighted by Gasteiger charge is -2.03. The van der Waals surface area contributed by atoms with Gasteiger partial charge in [-0.05, 0) is 24.6 Å². The van der Waals surface area contributed by atoms with E-state index in [-0.39, 0.29) is 0 Å². The van der Waals surface area contributed by atoms with Crippen molar-refractivity contribution >= 4 is 10.8 Å². The quantitative estimate of drug-likeness (QED) is 0.680. The first kappa shape index (κ1) is 11.0. The number of fused-ring (bicyclic) bond motifs is 1. The minimum atomic E-state index is 0.334. The van der Waals surface area contributed by atoms with E-state index in [4.69, 9.17) is 0 Å². The van der Waals surface area contributed by atoms with Crippen LogP contribution in [-0.2, 0) is 0 Å². The molecule has 3 rings (SSSR count). The first-order chi connectivity index (χ1) is 8.75. The molecule has 3 aromatic rings. The SMILES string of the molecule is CC(C)n1cc(-c2cccc3ccccc23)nn1. The van der Waals surface area contributed by atoms with Crippen molar-refractivity contribution in [1.82, 2.24) is 15.0 Å². The Morgan fingerprint density at radius 3 is 2.56 bits per heavy atom. The van der Waals surface area contributed by atoms with E-state index in [1.807, 2.05) is 10.9 Å². The van der Waals surface area contributed by atoms with Gasteiger partial charge in [0.2, 0.25) is 0 Å². The molecule has 90 valence electrons. The summed E-state index contributed by atoms with van der Waals surface area (Å²) in [6.07, 6.45) is 2.01. The fourth-order valence-corrected chi connectivity index (χ4v) is 2.10. The van der Waals surface area contributed by atoms with Crippen molar-refractivity contribution in [3.8, 4) is 11.3 Å². The molecule has 2 aromatic carbocycles. The van der Waals surface area contributed by atoms with Crippen LogP contribution in [0.1, 0.15) is 19.9 Å². The molecule has 1 heterocycles. The van der Waals surface area contributed by atoms with Crippen molar-refractivity contribution in [3.05, 3.63) is 48.7 Å². The van der Waals surface area contributed by atoms with Crippen LogP contribution in [0.4, 0.5) is 0 Å². The fourth-order valence-electron chi connectivity index (χ4n) is 2.10. The molecule has 18 heavy (non-hydrogen) atoms. The van der Waals surface area contributed by atoms with Gasteiger partial charge in [0.15, 0.2) is 0 Å². The van der Waals surface area contributed by atoms with Gasteiger partial charge in [-0.1, -0.05) is 47.7 Å². The van der Waals surface area contributed by atoms with Crippen molar-refractivity contribution in [2.45, 2.75) is 19.9 Å². The van der Waals surface area contributed by atoms with Gasteiger partial charge in [-0.3, -0.25) is 0 Å². The molecule has 1 aromatic heterocycles. The first-order valence-corrected chi connectivity index (χ1v) is 6.15. The lowest BCUT2D eigenvalue weighted by Crippen LogP contribution is -2.00. The molecule has 0 unspecified atom stereocenters. The molecule has 3 nitrogen and oxygen atoms in total. The van der Waals surface area contributed by atoms with Gasteiger partial charge in [0.25, 0.3) is 0 Å².